The number of rotatable bonds is 11. The summed E-state index contributed by atoms with van der Waals surface area (Å²) in [6, 6.07) is 12.4. The highest BCUT2D eigenvalue weighted by molar-refractivity contribution is 7.82. The molecule has 2 aromatic carbocycles. The summed E-state index contributed by atoms with van der Waals surface area (Å²) in [5.41, 5.74) is 4.07. The highest BCUT2D eigenvalue weighted by atomic mass is 32.2. The van der Waals surface area contributed by atoms with Crippen LogP contribution in [-0.4, -0.2) is 37.7 Å². The van der Waals surface area contributed by atoms with Crippen molar-refractivity contribution in [3.8, 4) is 22.1 Å². The molecule has 0 saturated heterocycles. The molecule has 2 aliphatic rings. The summed E-state index contributed by atoms with van der Waals surface area (Å²) in [5, 5.41) is 12.8. The SMILES string of the molecule is CCOC(=O)c1csc(-n2nc(-c3cccc(OC4CCCC4)c3)c(Cc3ccc(S(N)=O)cc3F)c2CC2CC2)n1. The van der Waals surface area contributed by atoms with Crippen LogP contribution in [0.1, 0.15) is 72.8 Å². The van der Waals surface area contributed by atoms with Crippen LogP contribution in [0.15, 0.2) is 52.7 Å². The first-order valence-electron chi connectivity index (χ1n) is 14.3. The van der Waals surface area contributed by atoms with Gasteiger partial charge in [-0.3, -0.25) is 0 Å². The van der Waals surface area contributed by atoms with E-state index in [1.807, 2.05) is 28.9 Å². The zero-order chi connectivity index (χ0) is 29.2. The number of carbonyl (C=O) groups excluding carboxylic acids is 1. The van der Waals surface area contributed by atoms with Gasteiger partial charge in [-0.25, -0.2) is 28.2 Å². The number of benzene rings is 2. The summed E-state index contributed by atoms with van der Waals surface area (Å²) in [6.07, 6.45) is 7.90. The molecule has 2 heterocycles. The largest absolute Gasteiger partial charge is 0.490 e. The van der Waals surface area contributed by atoms with Gasteiger partial charge in [0.15, 0.2) is 5.69 Å². The highest BCUT2D eigenvalue weighted by Crippen LogP contribution is 2.39. The van der Waals surface area contributed by atoms with E-state index in [-0.39, 0.29) is 29.7 Å². The van der Waals surface area contributed by atoms with E-state index in [9.17, 15) is 9.00 Å². The van der Waals surface area contributed by atoms with Crippen molar-refractivity contribution in [3.63, 3.8) is 0 Å². The molecule has 4 aromatic rings. The van der Waals surface area contributed by atoms with Gasteiger partial charge in [-0.2, -0.15) is 5.10 Å². The van der Waals surface area contributed by atoms with Gasteiger partial charge in [0.2, 0.25) is 5.13 Å². The Morgan fingerprint density at radius 3 is 2.69 bits per heavy atom. The van der Waals surface area contributed by atoms with Crippen LogP contribution in [0.25, 0.3) is 16.4 Å². The Morgan fingerprint density at radius 2 is 1.98 bits per heavy atom. The van der Waals surface area contributed by atoms with Crippen LogP contribution in [0.3, 0.4) is 0 Å². The molecular formula is C31H33FN4O4S2. The third-order valence-electron chi connectivity index (χ3n) is 7.76. The van der Waals surface area contributed by atoms with Crippen LogP contribution in [0.5, 0.6) is 5.75 Å². The summed E-state index contributed by atoms with van der Waals surface area (Å²) < 4.78 is 40.3. The van der Waals surface area contributed by atoms with Crippen molar-refractivity contribution in [1.29, 1.82) is 0 Å². The average molecular weight is 609 g/mol. The molecule has 2 aromatic heterocycles. The third-order valence-corrected chi connectivity index (χ3v) is 9.30. The number of hydrogen-bond acceptors (Lipinski definition) is 7. The maximum absolute atomic E-state index is 15.3. The van der Waals surface area contributed by atoms with E-state index in [0.717, 1.165) is 54.7 Å². The number of aromatic nitrogens is 3. The van der Waals surface area contributed by atoms with Gasteiger partial charge in [-0.05, 0) is 87.6 Å². The Morgan fingerprint density at radius 1 is 1.17 bits per heavy atom. The number of carbonyl (C=O) groups is 1. The van der Waals surface area contributed by atoms with Gasteiger partial charge in [0.05, 0.1) is 29.0 Å². The average Bonchev–Trinajstić information content (AvgIpc) is 3.32. The first kappa shape index (κ1) is 28.7. The van der Waals surface area contributed by atoms with Gasteiger partial charge in [-0.15, -0.1) is 11.3 Å². The van der Waals surface area contributed by atoms with Crippen molar-refractivity contribution in [2.75, 3.05) is 6.61 Å². The maximum atomic E-state index is 15.3. The summed E-state index contributed by atoms with van der Waals surface area (Å²) >= 11 is 1.32. The number of nitrogens with two attached hydrogens (primary N) is 1. The predicted octanol–water partition coefficient (Wildman–Crippen LogP) is 6.16. The number of thiazole rings is 1. The molecule has 2 aliphatic carbocycles. The zero-order valence-electron chi connectivity index (χ0n) is 23.4. The van der Waals surface area contributed by atoms with Crippen LogP contribution in [0, 0.1) is 11.7 Å². The monoisotopic (exact) mass is 608 g/mol. The van der Waals surface area contributed by atoms with Gasteiger partial charge < -0.3 is 9.47 Å². The first-order chi connectivity index (χ1) is 20.4. The van der Waals surface area contributed by atoms with E-state index >= 15 is 4.39 Å². The van der Waals surface area contributed by atoms with Crippen molar-refractivity contribution in [3.05, 3.63) is 76.2 Å². The molecule has 1 atom stereocenters. The topological polar surface area (TPSA) is 109 Å². The third kappa shape index (κ3) is 6.33. The molecule has 0 bridgehead atoms. The van der Waals surface area contributed by atoms with Gasteiger partial charge in [0.25, 0.3) is 0 Å². The van der Waals surface area contributed by atoms with E-state index in [2.05, 4.69) is 4.98 Å². The number of ether oxygens (including phenoxy) is 2. The van der Waals surface area contributed by atoms with E-state index in [4.69, 9.17) is 19.7 Å². The minimum Gasteiger partial charge on any atom is -0.490 e. The smallest absolute Gasteiger partial charge is 0.357 e. The number of halogens is 1. The fraction of sp³-hybridized carbons (Fsp3) is 0.387. The molecular weight excluding hydrogens is 575 g/mol. The normalized spacial score (nSPS) is 16.1. The Hall–Kier alpha value is -3.41. The molecule has 1 unspecified atom stereocenters. The number of hydrogen-bond donors (Lipinski definition) is 1. The van der Waals surface area contributed by atoms with E-state index in [1.54, 1.807) is 24.4 Å². The van der Waals surface area contributed by atoms with Crippen molar-refractivity contribution < 1.29 is 22.9 Å². The maximum Gasteiger partial charge on any atom is 0.357 e. The Balaban J connectivity index is 1.46. The fourth-order valence-electron chi connectivity index (χ4n) is 5.43. The van der Waals surface area contributed by atoms with Gasteiger partial charge in [0.1, 0.15) is 22.6 Å². The second-order valence-electron chi connectivity index (χ2n) is 10.8. The molecule has 11 heteroatoms. The lowest BCUT2D eigenvalue weighted by Crippen LogP contribution is -2.10. The number of nitrogens with zero attached hydrogens (tertiary/aromatic N) is 3. The molecule has 0 spiro atoms. The molecule has 220 valence electrons. The van der Waals surface area contributed by atoms with Crippen molar-refractivity contribution in [2.45, 2.75) is 69.3 Å². The summed E-state index contributed by atoms with van der Waals surface area (Å²) in [4.78, 5) is 17.2. The predicted molar refractivity (Wildman–Crippen MR) is 160 cm³/mol. The molecule has 2 N–H and O–H groups in total. The fourth-order valence-corrected chi connectivity index (χ4v) is 6.62. The summed E-state index contributed by atoms with van der Waals surface area (Å²) in [7, 11) is -1.78. The zero-order valence-corrected chi connectivity index (χ0v) is 25.0. The van der Waals surface area contributed by atoms with E-state index < -0.39 is 22.8 Å². The lowest BCUT2D eigenvalue weighted by molar-refractivity contribution is 0.0520. The quantitative estimate of drug-likeness (QED) is 0.204. The molecule has 0 amide bonds. The summed E-state index contributed by atoms with van der Waals surface area (Å²) in [5.74, 6) is 0.330. The van der Waals surface area contributed by atoms with Gasteiger partial charge in [0, 0.05) is 22.9 Å². The Kier molecular flexibility index (Phi) is 8.50. The molecule has 2 saturated carbocycles. The number of esters is 1. The molecule has 42 heavy (non-hydrogen) atoms. The summed E-state index contributed by atoms with van der Waals surface area (Å²) in [6.45, 7) is 2.02. The minimum absolute atomic E-state index is 0.208. The van der Waals surface area contributed by atoms with Crippen molar-refractivity contribution in [2.24, 2.45) is 11.1 Å². The van der Waals surface area contributed by atoms with Crippen LogP contribution in [0.2, 0.25) is 0 Å². The van der Waals surface area contributed by atoms with Crippen molar-refractivity contribution >= 4 is 28.3 Å². The Bertz CT molecular complexity index is 1620. The molecule has 0 radical (unpaired) electrons. The second-order valence-corrected chi connectivity index (χ2v) is 12.8. The Labute approximate surface area is 250 Å². The van der Waals surface area contributed by atoms with Crippen LogP contribution in [-0.2, 0) is 28.6 Å². The van der Waals surface area contributed by atoms with E-state index in [0.29, 0.717) is 22.3 Å². The van der Waals surface area contributed by atoms with Crippen molar-refractivity contribution in [1.82, 2.24) is 14.8 Å². The van der Waals surface area contributed by atoms with Gasteiger partial charge in [-0.1, -0.05) is 18.2 Å². The standard InChI is InChI=1S/C31H33FN4O4S2/c1-2-39-30(37)27-18-41-31(34-27)36-28(14-19-10-11-19)25(16-20-12-13-24(42(33)38)17-26(20)32)29(35-36)21-6-5-9-23(15-21)40-22-7-3-4-8-22/h5-6,9,12-13,15,17-19,22H,2-4,7-8,10-11,14,16,33H2,1H3. The first-order valence-corrected chi connectivity index (χ1v) is 16.4. The minimum atomic E-state index is -1.78. The lowest BCUT2D eigenvalue weighted by atomic mass is 9.96. The molecule has 2 fully saturated rings. The molecule has 6 rings (SSSR count). The van der Waals surface area contributed by atoms with Crippen LogP contribution >= 0.6 is 11.3 Å². The van der Waals surface area contributed by atoms with E-state index in [1.165, 1.54) is 30.2 Å². The molecule has 0 aliphatic heterocycles. The molecule has 8 nitrogen and oxygen atoms in total. The lowest BCUT2D eigenvalue weighted by Gasteiger charge is -2.14. The van der Waals surface area contributed by atoms with Crippen LogP contribution in [0.4, 0.5) is 4.39 Å². The van der Waals surface area contributed by atoms with Gasteiger partial charge >= 0.3 is 5.97 Å². The highest BCUT2D eigenvalue weighted by Gasteiger charge is 2.30. The van der Waals surface area contributed by atoms with Crippen LogP contribution < -0.4 is 9.88 Å². The second kappa shape index (κ2) is 12.4.